The molecule has 2 heterocycles. The third kappa shape index (κ3) is 3.70. The lowest BCUT2D eigenvalue weighted by molar-refractivity contribution is -0.145. The first kappa shape index (κ1) is 16.8. The Balaban J connectivity index is 1.52. The summed E-state index contributed by atoms with van der Waals surface area (Å²) in [6.07, 6.45) is 1.12. The van der Waals surface area contributed by atoms with Crippen molar-refractivity contribution in [3.8, 4) is 5.75 Å². The number of amides is 1. The van der Waals surface area contributed by atoms with Gasteiger partial charge in [-0.25, -0.2) is 0 Å². The van der Waals surface area contributed by atoms with Gasteiger partial charge in [0.05, 0.1) is 13.5 Å². The Morgan fingerprint density at radius 3 is 2.67 bits per heavy atom. The monoisotopic (exact) mass is 332 g/mol. The number of esters is 1. The van der Waals surface area contributed by atoms with Crippen LogP contribution >= 0.6 is 0 Å². The minimum Gasteiger partial charge on any atom is -0.497 e. The van der Waals surface area contributed by atoms with Gasteiger partial charge in [0.15, 0.2) is 0 Å². The van der Waals surface area contributed by atoms with Gasteiger partial charge in [-0.1, -0.05) is 12.1 Å². The lowest BCUT2D eigenvalue weighted by Gasteiger charge is -2.36. The molecule has 6 nitrogen and oxygen atoms in total. The van der Waals surface area contributed by atoms with Crippen LogP contribution in [0, 0.1) is 0 Å². The van der Waals surface area contributed by atoms with E-state index >= 15 is 0 Å². The SMILES string of the molecule is COc1cccc(CC(=O)N2CCN([C@H]3C[C@H](C)OC3=O)CC2)c1. The van der Waals surface area contributed by atoms with Crippen LogP contribution in [0.3, 0.4) is 0 Å². The Hall–Kier alpha value is -2.08. The van der Waals surface area contributed by atoms with Gasteiger partial charge in [0.1, 0.15) is 17.9 Å². The molecule has 1 aromatic carbocycles. The number of rotatable bonds is 4. The molecule has 0 unspecified atom stereocenters. The molecule has 2 aliphatic heterocycles. The number of methoxy groups -OCH3 is 1. The summed E-state index contributed by atoms with van der Waals surface area (Å²) in [7, 11) is 1.62. The summed E-state index contributed by atoms with van der Waals surface area (Å²) in [6.45, 7) is 4.67. The summed E-state index contributed by atoms with van der Waals surface area (Å²) >= 11 is 0. The fourth-order valence-electron chi connectivity index (χ4n) is 3.39. The first-order chi connectivity index (χ1) is 11.6. The van der Waals surface area contributed by atoms with Gasteiger partial charge in [-0.3, -0.25) is 14.5 Å². The van der Waals surface area contributed by atoms with Gasteiger partial charge >= 0.3 is 5.97 Å². The zero-order valence-corrected chi connectivity index (χ0v) is 14.2. The van der Waals surface area contributed by atoms with Crippen molar-refractivity contribution in [3.63, 3.8) is 0 Å². The number of benzene rings is 1. The number of ether oxygens (including phenoxy) is 2. The number of carbonyl (C=O) groups is 2. The van der Waals surface area contributed by atoms with Crippen LogP contribution in [0.25, 0.3) is 0 Å². The number of hydrogen-bond acceptors (Lipinski definition) is 5. The van der Waals surface area contributed by atoms with E-state index in [0.717, 1.165) is 30.8 Å². The first-order valence-corrected chi connectivity index (χ1v) is 8.42. The Morgan fingerprint density at radius 2 is 2.04 bits per heavy atom. The van der Waals surface area contributed by atoms with Gasteiger partial charge < -0.3 is 14.4 Å². The number of cyclic esters (lactones) is 1. The van der Waals surface area contributed by atoms with Crippen molar-refractivity contribution in [2.45, 2.75) is 31.9 Å². The summed E-state index contributed by atoms with van der Waals surface area (Å²) < 4.78 is 10.4. The van der Waals surface area contributed by atoms with Crippen molar-refractivity contribution in [2.75, 3.05) is 33.3 Å². The summed E-state index contributed by atoms with van der Waals surface area (Å²) in [5.41, 5.74) is 0.954. The van der Waals surface area contributed by atoms with Crippen molar-refractivity contribution < 1.29 is 19.1 Å². The topological polar surface area (TPSA) is 59.1 Å². The predicted molar refractivity (Wildman–Crippen MR) is 88.8 cm³/mol. The van der Waals surface area contributed by atoms with E-state index in [-0.39, 0.29) is 24.0 Å². The molecule has 0 N–H and O–H groups in total. The van der Waals surface area contributed by atoms with Crippen molar-refractivity contribution in [1.82, 2.24) is 9.80 Å². The number of hydrogen-bond donors (Lipinski definition) is 0. The Labute approximate surface area is 142 Å². The largest absolute Gasteiger partial charge is 0.497 e. The number of piperazine rings is 1. The minimum absolute atomic E-state index is 0.00442. The molecule has 0 radical (unpaired) electrons. The molecule has 2 saturated heterocycles. The summed E-state index contributed by atoms with van der Waals surface area (Å²) in [6, 6.07) is 7.45. The van der Waals surface area contributed by atoms with Crippen molar-refractivity contribution in [1.29, 1.82) is 0 Å². The van der Waals surface area contributed by atoms with E-state index < -0.39 is 0 Å². The average molecular weight is 332 g/mol. The predicted octanol–water partition coefficient (Wildman–Crippen LogP) is 1.09. The molecule has 0 aliphatic carbocycles. The Morgan fingerprint density at radius 1 is 1.29 bits per heavy atom. The first-order valence-electron chi connectivity index (χ1n) is 8.42. The third-order valence-electron chi connectivity index (χ3n) is 4.74. The highest BCUT2D eigenvalue weighted by atomic mass is 16.6. The molecule has 1 amide bonds. The van der Waals surface area contributed by atoms with E-state index in [2.05, 4.69) is 4.90 Å². The lowest BCUT2D eigenvalue weighted by atomic mass is 10.1. The molecule has 6 heteroatoms. The smallest absolute Gasteiger partial charge is 0.323 e. The fourth-order valence-corrected chi connectivity index (χ4v) is 3.39. The second kappa shape index (κ2) is 7.21. The maximum Gasteiger partial charge on any atom is 0.323 e. The van der Waals surface area contributed by atoms with Gasteiger partial charge in [0.25, 0.3) is 0 Å². The summed E-state index contributed by atoms with van der Waals surface area (Å²) in [5, 5.41) is 0. The standard InChI is InChI=1S/C18H24N2O4/c1-13-10-16(18(22)24-13)19-6-8-20(9-7-19)17(21)12-14-4-3-5-15(11-14)23-2/h3-5,11,13,16H,6-10,12H2,1-2H3/t13-,16-/m0/s1. The van der Waals surface area contributed by atoms with Crippen LogP contribution in [0.2, 0.25) is 0 Å². The van der Waals surface area contributed by atoms with Crippen LogP contribution in [0.1, 0.15) is 18.9 Å². The normalized spacial score (nSPS) is 24.8. The van der Waals surface area contributed by atoms with Crippen molar-refractivity contribution >= 4 is 11.9 Å². The molecule has 0 spiro atoms. The molecule has 0 aromatic heterocycles. The van der Waals surface area contributed by atoms with Gasteiger partial charge in [-0.2, -0.15) is 0 Å². The lowest BCUT2D eigenvalue weighted by Crippen LogP contribution is -2.53. The molecular formula is C18H24N2O4. The van der Waals surface area contributed by atoms with Crippen LogP contribution in [0.15, 0.2) is 24.3 Å². The molecule has 24 heavy (non-hydrogen) atoms. The highest BCUT2D eigenvalue weighted by Gasteiger charge is 2.38. The Kier molecular flexibility index (Phi) is 5.04. The number of nitrogens with zero attached hydrogens (tertiary/aromatic N) is 2. The molecule has 0 saturated carbocycles. The maximum absolute atomic E-state index is 12.5. The highest BCUT2D eigenvalue weighted by Crippen LogP contribution is 2.21. The van der Waals surface area contributed by atoms with E-state index in [1.165, 1.54) is 0 Å². The van der Waals surface area contributed by atoms with Gasteiger partial charge in [-0.05, 0) is 24.6 Å². The van der Waals surface area contributed by atoms with Gasteiger partial charge in [-0.15, -0.1) is 0 Å². The van der Waals surface area contributed by atoms with E-state index in [1.54, 1.807) is 7.11 Å². The molecular weight excluding hydrogens is 308 g/mol. The van der Waals surface area contributed by atoms with Gasteiger partial charge in [0.2, 0.25) is 5.91 Å². The third-order valence-corrected chi connectivity index (χ3v) is 4.74. The molecule has 0 bridgehead atoms. The minimum atomic E-state index is -0.143. The second-order valence-electron chi connectivity index (χ2n) is 6.44. The zero-order valence-electron chi connectivity index (χ0n) is 14.2. The van der Waals surface area contributed by atoms with Crippen molar-refractivity contribution in [3.05, 3.63) is 29.8 Å². The number of carbonyl (C=O) groups excluding carboxylic acids is 2. The molecule has 2 atom stereocenters. The average Bonchev–Trinajstić information content (AvgIpc) is 2.93. The second-order valence-corrected chi connectivity index (χ2v) is 6.44. The van der Waals surface area contributed by atoms with Crippen LogP contribution in [0.5, 0.6) is 5.75 Å². The van der Waals surface area contributed by atoms with Gasteiger partial charge in [0, 0.05) is 32.6 Å². The molecule has 1 aromatic rings. The van der Waals surface area contributed by atoms with E-state index in [4.69, 9.17) is 9.47 Å². The molecule has 3 rings (SSSR count). The molecule has 2 fully saturated rings. The highest BCUT2D eigenvalue weighted by molar-refractivity contribution is 5.79. The van der Waals surface area contributed by atoms with Crippen LogP contribution in [-0.2, 0) is 20.7 Å². The van der Waals surface area contributed by atoms with Crippen LogP contribution < -0.4 is 4.74 Å². The zero-order chi connectivity index (χ0) is 17.1. The molecule has 2 aliphatic rings. The summed E-state index contributed by atoms with van der Waals surface area (Å²) in [4.78, 5) is 28.3. The quantitative estimate of drug-likeness (QED) is 0.773. The summed E-state index contributed by atoms with van der Waals surface area (Å²) in [5.74, 6) is 0.753. The maximum atomic E-state index is 12.5. The van der Waals surface area contributed by atoms with Crippen molar-refractivity contribution in [2.24, 2.45) is 0 Å². The van der Waals surface area contributed by atoms with E-state index in [9.17, 15) is 9.59 Å². The van der Waals surface area contributed by atoms with E-state index in [0.29, 0.717) is 19.5 Å². The fraction of sp³-hybridized carbons (Fsp3) is 0.556. The van der Waals surface area contributed by atoms with Crippen LogP contribution in [-0.4, -0.2) is 67.1 Å². The Bertz CT molecular complexity index is 611. The molecule has 130 valence electrons. The van der Waals surface area contributed by atoms with E-state index in [1.807, 2.05) is 36.1 Å². The van der Waals surface area contributed by atoms with Crippen LogP contribution in [0.4, 0.5) is 0 Å².